The van der Waals surface area contributed by atoms with Crippen molar-refractivity contribution >= 4 is 22.7 Å². The molecule has 0 aliphatic heterocycles. The van der Waals surface area contributed by atoms with Crippen LogP contribution < -0.4 is 0 Å². The van der Waals surface area contributed by atoms with Crippen LogP contribution >= 0.6 is 0 Å². The van der Waals surface area contributed by atoms with E-state index in [-0.39, 0.29) is 11.8 Å². The van der Waals surface area contributed by atoms with Crippen LogP contribution in [0.1, 0.15) is 52.6 Å². The summed E-state index contributed by atoms with van der Waals surface area (Å²) in [6, 6.07) is 5.44. The molecule has 1 heterocycles. The molecular formula is C20H24N2O3. The maximum atomic E-state index is 13.0. The molecule has 1 aromatic carbocycles. The van der Waals surface area contributed by atoms with Gasteiger partial charge in [-0.3, -0.25) is 4.79 Å². The topological polar surface area (TPSA) is 62.4 Å². The molecule has 0 spiro atoms. The van der Waals surface area contributed by atoms with Crippen molar-refractivity contribution in [3.63, 3.8) is 0 Å². The quantitative estimate of drug-likeness (QED) is 0.683. The van der Waals surface area contributed by atoms with Gasteiger partial charge < -0.3 is 14.6 Å². The van der Waals surface area contributed by atoms with E-state index in [1.54, 1.807) is 13.0 Å². The molecule has 1 N–H and O–H groups in total. The molecule has 0 radical (unpaired) electrons. The van der Waals surface area contributed by atoms with Crippen LogP contribution in [0.25, 0.3) is 10.9 Å². The van der Waals surface area contributed by atoms with Crippen molar-refractivity contribution in [3.8, 4) is 0 Å². The maximum Gasteiger partial charge on any atom is 0.338 e. The lowest BCUT2D eigenvalue weighted by atomic mass is 9.92. The molecule has 3 rings (SSSR count). The number of nitrogens with zero attached hydrogens (tertiary/aromatic N) is 1. The molecule has 2 aromatic rings. The van der Waals surface area contributed by atoms with Crippen LogP contribution in [0.5, 0.6) is 0 Å². The molecule has 25 heavy (non-hydrogen) atoms. The molecule has 1 aliphatic carbocycles. The highest BCUT2D eigenvalue weighted by atomic mass is 16.5. The first kappa shape index (κ1) is 17.3. The van der Waals surface area contributed by atoms with Gasteiger partial charge >= 0.3 is 5.97 Å². The molecule has 1 aliphatic rings. The molecule has 0 unspecified atom stereocenters. The van der Waals surface area contributed by atoms with Gasteiger partial charge in [-0.15, -0.1) is 0 Å². The van der Waals surface area contributed by atoms with Gasteiger partial charge in [0.25, 0.3) is 0 Å². The minimum Gasteiger partial charge on any atom is -0.462 e. The summed E-state index contributed by atoms with van der Waals surface area (Å²) in [6.07, 6.45) is 5.53. The van der Waals surface area contributed by atoms with E-state index in [1.807, 2.05) is 37.3 Å². The van der Waals surface area contributed by atoms with Gasteiger partial charge in [0.05, 0.1) is 17.9 Å². The number of ketones is 1. The number of carbonyl (C=O) groups excluding carboxylic acids is 2. The van der Waals surface area contributed by atoms with E-state index in [2.05, 4.69) is 4.98 Å². The van der Waals surface area contributed by atoms with Crippen LogP contribution in [0.4, 0.5) is 0 Å². The number of hydrogen-bond acceptors (Lipinski definition) is 4. The number of allylic oxidation sites excluding steroid dienone is 1. The fourth-order valence-corrected chi connectivity index (χ4v) is 3.37. The first-order chi connectivity index (χ1) is 12.0. The number of nitrogens with one attached hydrogen (secondary N) is 1. The average Bonchev–Trinajstić information content (AvgIpc) is 2.93. The van der Waals surface area contributed by atoms with Gasteiger partial charge in [0, 0.05) is 36.8 Å². The zero-order chi connectivity index (χ0) is 18.0. The summed E-state index contributed by atoms with van der Waals surface area (Å²) in [7, 11) is 3.85. The normalized spacial score (nSPS) is 16.4. The highest BCUT2D eigenvalue weighted by Gasteiger charge is 2.23. The van der Waals surface area contributed by atoms with Crippen LogP contribution in [0.3, 0.4) is 0 Å². The Morgan fingerprint density at radius 1 is 1.28 bits per heavy atom. The Hall–Kier alpha value is -2.56. The molecule has 0 amide bonds. The monoisotopic (exact) mass is 340 g/mol. The number of aromatic nitrogens is 1. The number of rotatable bonds is 3. The zero-order valence-electron chi connectivity index (χ0n) is 15.0. The average molecular weight is 340 g/mol. The SMILES string of the molecule is CCOC(=O)c1ccc2[nH]c3c(c2c1)CCCC/C(=C/N(C)C)C3=O. The molecule has 1 aromatic heterocycles. The van der Waals surface area contributed by atoms with Gasteiger partial charge in [-0.05, 0) is 56.4 Å². The van der Waals surface area contributed by atoms with Crippen molar-refractivity contribution in [2.75, 3.05) is 20.7 Å². The van der Waals surface area contributed by atoms with Gasteiger partial charge in [0.1, 0.15) is 0 Å². The van der Waals surface area contributed by atoms with Gasteiger partial charge in [0.2, 0.25) is 5.78 Å². The number of carbonyl (C=O) groups is 2. The zero-order valence-corrected chi connectivity index (χ0v) is 15.0. The van der Waals surface area contributed by atoms with Gasteiger partial charge in [-0.25, -0.2) is 4.79 Å². The number of Topliss-reactive ketones (excluding diaryl/α,β-unsaturated/α-hetero) is 1. The van der Waals surface area contributed by atoms with Crippen LogP contribution in [0.2, 0.25) is 0 Å². The number of benzene rings is 1. The number of aromatic amines is 1. The minimum atomic E-state index is -0.329. The number of fused-ring (bicyclic) bond motifs is 3. The predicted molar refractivity (Wildman–Crippen MR) is 97.9 cm³/mol. The third-order valence-corrected chi connectivity index (χ3v) is 4.47. The minimum absolute atomic E-state index is 0.0530. The third-order valence-electron chi connectivity index (χ3n) is 4.47. The van der Waals surface area contributed by atoms with E-state index < -0.39 is 0 Å². The van der Waals surface area contributed by atoms with Crippen molar-refractivity contribution in [3.05, 3.63) is 46.8 Å². The van der Waals surface area contributed by atoms with E-state index in [9.17, 15) is 9.59 Å². The lowest BCUT2D eigenvalue weighted by Crippen LogP contribution is -2.13. The number of hydrogen-bond donors (Lipinski definition) is 1. The molecule has 0 fully saturated rings. The van der Waals surface area contributed by atoms with Crippen molar-refractivity contribution in [2.24, 2.45) is 0 Å². The highest BCUT2D eigenvalue weighted by Crippen LogP contribution is 2.30. The summed E-state index contributed by atoms with van der Waals surface area (Å²) in [5, 5.41) is 0.944. The Morgan fingerprint density at radius 3 is 2.76 bits per heavy atom. The molecule has 132 valence electrons. The predicted octanol–water partition coefficient (Wildman–Crippen LogP) is 3.70. The van der Waals surface area contributed by atoms with Crippen molar-refractivity contribution in [1.29, 1.82) is 0 Å². The lowest BCUT2D eigenvalue weighted by molar-refractivity contribution is 0.0526. The second-order valence-electron chi connectivity index (χ2n) is 6.61. The van der Waals surface area contributed by atoms with Crippen molar-refractivity contribution in [2.45, 2.75) is 32.6 Å². The lowest BCUT2D eigenvalue weighted by Gasteiger charge is -2.15. The van der Waals surface area contributed by atoms with E-state index in [0.29, 0.717) is 17.9 Å². The molecule has 0 atom stereocenters. The molecule has 0 bridgehead atoms. The van der Waals surface area contributed by atoms with Crippen LogP contribution in [0, 0.1) is 0 Å². The fraction of sp³-hybridized carbons (Fsp3) is 0.400. The summed E-state index contributed by atoms with van der Waals surface area (Å²) in [6.45, 7) is 2.14. The number of ether oxygens (including phenoxy) is 1. The van der Waals surface area contributed by atoms with Gasteiger partial charge in [0.15, 0.2) is 0 Å². The summed E-state index contributed by atoms with van der Waals surface area (Å²) >= 11 is 0. The first-order valence-electron chi connectivity index (χ1n) is 8.74. The van der Waals surface area contributed by atoms with Crippen LogP contribution in [-0.2, 0) is 11.2 Å². The standard InChI is InChI=1S/C20H24N2O3/c1-4-25-20(24)13-9-10-17-16(11-13)15-8-6-5-7-14(12-22(2)3)19(23)18(15)21-17/h9-12,21H,4-8H2,1-3H3/b14-12-. The molecule has 5 nitrogen and oxygen atoms in total. The van der Waals surface area contributed by atoms with Crippen LogP contribution in [-0.4, -0.2) is 42.3 Å². The summed E-state index contributed by atoms with van der Waals surface area (Å²) < 4.78 is 5.09. The Balaban J connectivity index is 2.10. The molecular weight excluding hydrogens is 316 g/mol. The van der Waals surface area contributed by atoms with Crippen LogP contribution in [0.15, 0.2) is 30.0 Å². The third kappa shape index (κ3) is 3.45. The number of aryl methyl sites for hydroxylation is 1. The number of esters is 1. The largest absolute Gasteiger partial charge is 0.462 e. The maximum absolute atomic E-state index is 13.0. The molecule has 5 heteroatoms. The molecule has 0 saturated carbocycles. The number of H-pyrrole nitrogens is 1. The van der Waals surface area contributed by atoms with E-state index in [1.165, 1.54) is 0 Å². The Morgan fingerprint density at radius 2 is 2.04 bits per heavy atom. The Kier molecular flexibility index (Phi) is 4.93. The van der Waals surface area contributed by atoms with Crippen molar-refractivity contribution in [1.82, 2.24) is 9.88 Å². The van der Waals surface area contributed by atoms with Crippen molar-refractivity contribution < 1.29 is 14.3 Å². The smallest absolute Gasteiger partial charge is 0.338 e. The summed E-state index contributed by atoms with van der Waals surface area (Å²) in [4.78, 5) is 30.2. The second-order valence-corrected chi connectivity index (χ2v) is 6.61. The summed E-state index contributed by atoms with van der Waals surface area (Å²) in [5.74, 6) is -0.276. The van der Waals surface area contributed by atoms with Gasteiger partial charge in [-0.1, -0.05) is 0 Å². The van der Waals surface area contributed by atoms with Gasteiger partial charge in [-0.2, -0.15) is 0 Å². The Labute approximate surface area is 147 Å². The molecule has 0 saturated heterocycles. The van der Waals surface area contributed by atoms with E-state index >= 15 is 0 Å². The Bertz CT molecular complexity index is 846. The van der Waals surface area contributed by atoms with E-state index in [0.717, 1.165) is 47.7 Å². The fourth-order valence-electron chi connectivity index (χ4n) is 3.37. The van der Waals surface area contributed by atoms with E-state index in [4.69, 9.17) is 4.74 Å². The summed E-state index contributed by atoms with van der Waals surface area (Å²) in [5.41, 5.74) is 3.90. The second kappa shape index (κ2) is 7.13. The highest BCUT2D eigenvalue weighted by molar-refractivity contribution is 6.12. The first-order valence-corrected chi connectivity index (χ1v) is 8.74.